The first-order chi connectivity index (χ1) is 10.6. The van der Waals surface area contributed by atoms with Gasteiger partial charge in [-0.3, -0.25) is 9.59 Å². The third-order valence-electron chi connectivity index (χ3n) is 2.90. The number of tetrazole rings is 1. The van der Waals surface area contributed by atoms with Crippen LogP contribution < -0.4 is 5.32 Å². The van der Waals surface area contributed by atoms with Gasteiger partial charge in [0, 0.05) is 0 Å². The highest BCUT2D eigenvalue weighted by molar-refractivity contribution is 5.77. The Bertz CT molecular complexity index is 630. The molecule has 1 aromatic heterocycles. The highest BCUT2D eigenvalue weighted by atomic mass is 19.1. The zero-order valence-electron chi connectivity index (χ0n) is 11.8. The first-order valence-electron chi connectivity index (χ1n) is 6.41. The van der Waals surface area contributed by atoms with Crippen molar-refractivity contribution in [2.45, 2.75) is 19.0 Å². The number of hydrogen-bond acceptors (Lipinski definition) is 6. The minimum absolute atomic E-state index is 0.0660. The van der Waals surface area contributed by atoms with Crippen LogP contribution in [-0.4, -0.2) is 39.2 Å². The maximum atomic E-state index is 13.0. The zero-order valence-corrected chi connectivity index (χ0v) is 11.8. The van der Waals surface area contributed by atoms with Gasteiger partial charge in [-0.15, -0.1) is 5.10 Å². The molecule has 0 saturated carbocycles. The number of nitrogens with one attached hydrogen (secondary N) is 1. The van der Waals surface area contributed by atoms with Crippen LogP contribution in [0.3, 0.4) is 0 Å². The largest absolute Gasteiger partial charge is 0.469 e. The van der Waals surface area contributed by atoms with Crippen LogP contribution in [0.4, 0.5) is 4.39 Å². The van der Waals surface area contributed by atoms with E-state index in [9.17, 15) is 14.0 Å². The first kappa shape index (κ1) is 15.5. The summed E-state index contributed by atoms with van der Waals surface area (Å²) in [6, 6.07) is 4.89. The van der Waals surface area contributed by atoms with E-state index in [0.717, 1.165) is 0 Å². The van der Waals surface area contributed by atoms with Gasteiger partial charge in [0.15, 0.2) is 0 Å². The molecule has 0 aliphatic carbocycles. The molecule has 0 aliphatic heterocycles. The minimum Gasteiger partial charge on any atom is -0.469 e. The van der Waals surface area contributed by atoms with Gasteiger partial charge in [-0.1, -0.05) is 12.1 Å². The van der Waals surface area contributed by atoms with Gasteiger partial charge >= 0.3 is 5.97 Å². The number of ether oxygens (including phenoxy) is 1. The fourth-order valence-corrected chi connectivity index (χ4v) is 1.84. The van der Waals surface area contributed by atoms with E-state index in [2.05, 4.69) is 25.6 Å². The molecule has 0 spiro atoms. The number of benzene rings is 1. The van der Waals surface area contributed by atoms with E-state index >= 15 is 0 Å². The number of carbonyl (C=O) groups excluding carboxylic acids is 2. The molecule has 0 unspecified atom stereocenters. The van der Waals surface area contributed by atoms with E-state index in [4.69, 9.17) is 0 Å². The van der Waals surface area contributed by atoms with Gasteiger partial charge in [0.1, 0.15) is 18.7 Å². The Morgan fingerprint density at radius 2 is 2.09 bits per heavy atom. The number of nitrogens with zero attached hydrogens (tertiary/aromatic N) is 4. The number of aromatic nitrogens is 4. The summed E-state index contributed by atoms with van der Waals surface area (Å²) in [5, 5.41) is 13.1. The quantitative estimate of drug-likeness (QED) is 0.767. The van der Waals surface area contributed by atoms with E-state index in [-0.39, 0.29) is 18.9 Å². The average molecular weight is 307 g/mol. The molecule has 2 rings (SSSR count). The standard InChI is InChI=1S/C13H14FN5O3/c1-22-13(21)6-11(9-2-4-10(14)5-3-9)16-12(20)7-19-8-15-17-18-19/h2-5,8,11H,6-7H2,1H3,(H,16,20)/t11-/m1/s1. The molecule has 1 amide bonds. The Morgan fingerprint density at radius 3 is 2.68 bits per heavy atom. The molecule has 22 heavy (non-hydrogen) atoms. The fourth-order valence-electron chi connectivity index (χ4n) is 1.84. The van der Waals surface area contributed by atoms with Crippen molar-refractivity contribution in [3.8, 4) is 0 Å². The predicted molar refractivity (Wildman–Crippen MR) is 71.7 cm³/mol. The lowest BCUT2D eigenvalue weighted by Gasteiger charge is -2.18. The van der Waals surface area contributed by atoms with Crippen LogP contribution in [0, 0.1) is 5.82 Å². The summed E-state index contributed by atoms with van der Waals surface area (Å²) < 4.78 is 18.8. The lowest BCUT2D eigenvalue weighted by molar-refractivity contribution is -0.141. The molecule has 1 aromatic carbocycles. The molecule has 0 saturated heterocycles. The molecule has 8 nitrogen and oxygen atoms in total. The SMILES string of the molecule is COC(=O)C[C@@H](NC(=O)Cn1cnnn1)c1ccc(F)cc1. The number of carbonyl (C=O) groups is 2. The Labute approximate surface area is 125 Å². The monoisotopic (exact) mass is 307 g/mol. The molecule has 116 valence electrons. The second-order valence-corrected chi connectivity index (χ2v) is 4.46. The van der Waals surface area contributed by atoms with Gasteiger partial charge in [0.25, 0.3) is 0 Å². The van der Waals surface area contributed by atoms with Crippen molar-refractivity contribution in [2.24, 2.45) is 0 Å². The lowest BCUT2D eigenvalue weighted by atomic mass is 10.0. The van der Waals surface area contributed by atoms with Crippen LogP contribution >= 0.6 is 0 Å². The number of amides is 1. The number of methoxy groups -OCH3 is 1. The van der Waals surface area contributed by atoms with Crippen molar-refractivity contribution in [3.05, 3.63) is 42.0 Å². The minimum atomic E-state index is -0.628. The predicted octanol–water partition coefficient (Wildman–Crippen LogP) is 0.233. The second kappa shape index (κ2) is 7.25. The molecule has 0 radical (unpaired) electrons. The van der Waals surface area contributed by atoms with Gasteiger partial charge in [-0.2, -0.15) is 0 Å². The normalized spacial score (nSPS) is 11.7. The molecule has 1 atom stereocenters. The summed E-state index contributed by atoms with van der Waals surface area (Å²) in [5.74, 6) is -1.27. The summed E-state index contributed by atoms with van der Waals surface area (Å²) in [4.78, 5) is 23.5. The summed E-state index contributed by atoms with van der Waals surface area (Å²) >= 11 is 0. The van der Waals surface area contributed by atoms with Crippen molar-refractivity contribution in [1.82, 2.24) is 25.5 Å². The third-order valence-corrected chi connectivity index (χ3v) is 2.90. The fraction of sp³-hybridized carbons (Fsp3) is 0.308. The second-order valence-electron chi connectivity index (χ2n) is 4.46. The van der Waals surface area contributed by atoms with Crippen molar-refractivity contribution < 1.29 is 18.7 Å². The maximum Gasteiger partial charge on any atom is 0.307 e. The number of rotatable bonds is 6. The number of hydrogen-bond donors (Lipinski definition) is 1. The first-order valence-corrected chi connectivity index (χ1v) is 6.41. The Kier molecular flexibility index (Phi) is 5.12. The van der Waals surface area contributed by atoms with Gasteiger partial charge in [-0.05, 0) is 28.1 Å². The molecule has 1 N–H and O–H groups in total. The highest BCUT2D eigenvalue weighted by Gasteiger charge is 2.19. The van der Waals surface area contributed by atoms with Crippen LogP contribution in [0.1, 0.15) is 18.0 Å². The molecule has 0 fully saturated rings. The van der Waals surface area contributed by atoms with E-state index in [1.807, 2.05) is 0 Å². The zero-order chi connectivity index (χ0) is 15.9. The van der Waals surface area contributed by atoms with Gasteiger partial charge in [0.2, 0.25) is 5.91 Å². The maximum absolute atomic E-state index is 13.0. The Morgan fingerprint density at radius 1 is 1.36 bits per heavy atom. The van der Waals surface area contributed by atoms with Crippen molar-refractivity contribution in [2.75, 3.05) is 7.11 Å². The molecule has 1 heterocycles. The van der Waals surface area contributed by atoms with Crippen LogP contribution in [0.25, 0.3) is 0 Å². The van der Waals surface area contributed by atoms with E-state index in [1.165, 1.54) is 42.4 Å². The van der Waals surface area contributed by atoms with E-state index < -0.39 is 17.8 Å². The third kappa shape index (κ3) is 4.33. The highest BCUT2D eigenvalue weighted by Crippen LogP contribution is 2.18. The van der Waals surface area contributed by atoms with Gasteiger partial charge in [0.05, 0.1) is 19.6 Å². The molecular weight excluding hydrogens is 293 g/mol. The van der Waals surface area contributed by atoms with Crippen LogP contribution in [0.15, 0.2) is 30.6 Å². The van der Waals surface area contributed by atoms with Crippen molar-refractivity contribution >= 4 is 11.9 Å². The molecule has 9 heteroatoms. The molecular formula is C13H14FN5O3. The van der Waals surface area contributed by atoms with Crippen LogP contribution in [-0.2, 0) is 20.9 Å². The summed E-state index contributed by atoms with van der Waals surface area (Å²) in [6.07, 6.45) is 1.23. The Balaban J connectivity index is 2.08. The van der Waals surface area contributed by atoms with E-state index in [1.54, 1.807) is 0 Å². The molecule has 0 aliphatic rings. The summed E-state index contributed by atoms with van der Waals surface area (Å²) in [5.41, 5.74) is 0.594. The van der Waals surface area contributed by atoms with Crippen molar-refractivity contribution in [3.63, 3.8) is 0 Å². The van der Waals surface area contributed by atoms with Gasteiger partial charge in [-0.25, -0.2) is 9.07 Å². The summed E-state index contributed by atoms with van der Waals surface area (Å²) in [7, 11) is 1.26. The van der Waals surface area contributed by atoms with Crippen LogP contribution in [0.5, 0.6) is 0 Å². The lowest BCUT2D eigenvalue weighted by Crippen LogP contribution is -2.33. The molecule has 0 bridgehead atoms. The number of halogens is 1. The smallest absolute Gasteiger partial charge is 0.307 e. The number of esters is 1. The van der Waals surface area contributed by atoms with Crippen LogP contribution in [0.2, 0.25) is 0 Å². The average Bonchev–Trinajstić information content (AvgIpc) is 3.00. The Hall–Kier alpha value is -2.84. The van der Waals surface area contributed by atoms with Gasteiger partial charge < -0.3 is 10.1 Å². The molecule has 2 aromatic rings. The topological polar surface area (TPSA) is 99.0 Å². The summed E-state index contributed by atoms with van der Waals surface area (Å²) in [6.45, 7) is -0.0914. The van der Waals surface area contributed by atoms with E-state index in [0.29, 0.717) is 5.56 Å². The van der Waals surface area contributed by atoms with Crippen molar-refractivity contribution in [1.29, 1.82) is 0 Å².